The van der Waals surface area contributed by atoms with E-state index >= 15 is 0 Å². The Kier molecular flexibility index (Phi) is 2.02. The zero-order valence-corrected chi connectivity index (χ0v) is 7.42. The Morgan fingerprint density at radius 1 is 1.29 bits per heavy atom. The fourth-order valence-electron chi connectivity index (χ4n) is 1.21. The molecule has 0 aromatic carbocycles. The van der Waals surface area contributed by atoms with Gasteiger partial charge >= 0.3 is 0 Å². The average Bonchev–Trinajstić information content (AvgIpc) is 2.71. The quantitative estimate of drug-likeness (QED) is 0.761. The van der Waals surface area contributed by atoms with Crippen molar-refractivity contribution in [3.8, 4) is 5.69 Å². The Morgan fingerprint density at radius 2 is 2.00 bits per heavy atom. The van der Waals surface area contributed by atoms with E-state index in [-0.39, 0.29) is 0 Å². The third-order valence-corrected chi connectivity index (χ3v) is 1.91. The van der Waals surface area contributed by atoms with Gasteiger partial charge in [-0.25, -0.2) is 0 Å². The lowest BCUT2D eigenvalue weighted by Gasteiger charge is -2.02. The highest BCUT2D eigenvalue weighted by Gasteiger charge is 2.02. The maximum absolute atomic E-state index is 10.9. The number of nitrogens with zero attached hydrogens (tertiary/aromatic N) is 2. The van der Waals surface area contributed by atoms with Crippen LogP contribution in [0.5, 0.6) is 0 Å². The largest absolute Gasteiger partial charge is 0.366 e. The predicted octanol–water partition coefficient (Wildman–Crippen LogP) is 0.971. The van der Waals surface area contributed by atoms with Gasteiger partial charge < -0.3 is 10.3 Å². The van der Waals surface area contributed by atoms with Crippen molar-refractivity contribution in [2.45, 2.75) is 0 Å². The highest BCUT2D eigenvalue weighted by Crippen LogP contribution is 2.08. The van der Waals surface area contributed by atoms with Gasteiger partial charge in [-0.05, 0) is 18.2 Å². The summed E-state index contributed by atoms with van der Waals surface area (Å²) in [6, 6.07) is 5.50. The first-order valence-electron chi connectivity index (χ1n) is 4.15. The van der Waals surface area contributed by atoms with Crippen molar-refractivity contribution in [3.63, 3.8) is 0 Å². The molecule has 4 nitrogen and oxygen atoms in total. The van der Waals surface area contributed by atoms with E-state index in [0.29, 0.717) is 5.56 Å². The topological polar surface area (TPSA) is 60.9 Å². The smallest absolute Gasteiger partial charge is 0.250 e. The van der Waals surface area contributed by atoms with E-state index in [9.17, 15) is 4.79 Å². The van der Waals surface area contributed by atoms with E-state index in [1.807, 2.05) is 29.1 Å². The summed E-state index contributed by atoms with van der Waals surface area (Å²) in [4.78, 5) is 14.8. The average molecular weight is 187 g/mol. The maximum atomic E-state index is 10.9. The Balaban J connectivity index is 2.46. The molecule has 0 saturated carbocycles. The van der Waals surface area contributed by atoms with Gasteiger partial charge in [0.15, 0.2) is 0 Å². The molecule has 0 aliphatic rings. The van der Waals surface area contributed by atoms with Crippen LogP contribution in [0.15, 0.2) is 43.0 Å². The normalized spacial score (nSPS) is 10.0. The van der Waals surface area contributed by atoms with Crippen LogP contribution in [-0.2, 0) is 0 Å². The summed E-state index contributed by atoms with van der Waals surface area (Å²) < 4.78 is 1.86. The predicted molar refractivity (Wildman–Crippen MR) is 52.1 cm³/mol. The second kappa shape index (κ2) is 3.33. The van der Waals surface area contributed by atoms with Crippen LogP contribution in [0.2, 0.25) is 0 Å². The monoisotopic (exact) mass is 187 g/mol. The summed E-state index contributed by atoms with van der Waals surface area (Å²) in [5.41, 5.74) is 6.39. The van der Waals surface area contributed by atoms with Crippen molar-refractivity contribution >= 4 is 5.91 Å². The SMILES string of the molecule is NC(=O)c1cncc(-n2cccc2)c1. The summed E-state index contributed by atoms with van der Waals surface area (Å²) in [5.74, 6) is -0.466. The molecule has 2 rings (SSSR count). The molecule has 0 radical (unpaired) electrons. The molecule has 2 aromatic rings. The van der Waals surface area contributed by atoms with Crippen LogP contribution < -0.4 is 5.73 Å². The van der Waals surface area contributed by atoms with E-state index < -0.39 is 5.91 Å². The Labute approximate surface area is 81.0 Å². The lowest BCUT2D eigenvalue weighted by atomic mass is 10.2. The number of pyridine rings is 1. The Morgan fingerprint density at radius 3 is 2.64 bits per heavy atom. The summed E-state index contributed by atoms with van der Waals surface area (Å²) in [7, 11) is 0. The molecule has 0 aliphatic heterocycles. The minimum absolute atomic E-state index is 0.413. The number of amides is 1. The van der Waals surface area contributed by atoms with Crippen molar-refractivity contribution in [1.29, 1.82) is 0 Å². The molecule has 0 aliphatic carbocycles. The molecule has 0 fully saturated rings. The van der Waals surface area contributed by atoms with Crippen LogP contribution >= 0.6 is 0 Å². The third kappa shape index (κ3) is 1.50. The van der Waals surface area contributed by atoms with E-state index in [2.05, 4.69) is 4.98 Å². The summed E-state index contributed by atoms with van der Waals surface area (Å²) in [5, 5.41) is 0. The molecule has 2 heterocycles. The number of primary amides is 1. The van der Waals surface area contributed by atoms with E-state index in [4.69, 9.17) is 5.73 Å². The maximum Gasteiger partial charge on any atom is 0.250 e. The summed E-state index contributed by atoms with van der Waals surface area (Å²) >= 11 is 0. The molecule has 0 unspecified atom stereocenters. The molecule has 14 heavy (non-hydrogen) atoms. The molecule has 0 saturated heterocycles. The molecule has 2 aromatic heterocycles. The molecule has 0 bridgehead atoms. The van der Waals surface area contributed by atoms with Gasteiger partial charge in [-0.15, -0.1) is 0 Å². The number of hydrogen-bond donors (Lipinski definition) is 1. The van der Waals surface area contributed by atoms with Gasteiger partial charge in [-0.1, -0.05) is 0 Å². The second-order valence-electron chi connectivity index (χ2n) is 2.89. The van der Waals surface area contributed by atoms with Gasteiger partial charge in [0.25, 0.3) is 0 Å². The number of carbonyl (C=O) groups excluding carboxylic acids is 1. The zero-order chi connectivity index (χ0) is 9.97. The first-order chi connectivity index (χ1) is 6.77. The highest BCUT2D eigenvalue weighted by atomic mass is 16.1. The number of rotatable bonds is 2. The lowest BCUT2D eigenvalue weighted by molar-refractivity contribution is 0.1000. The van der Waals surface area contributed by atoms with Crippen molar-refractivity contribution in [2.24, 2.45) is 5.73 Å². The van der Waals surface area contributed by atoms with Crippen molar-refractivity contribution in [3.05, 3.63) is 48.5 Å². The summed E-state index contributed by atoms with van der Waals surface area (Å²) in [6.45, 7) is 0. The van der Waals surface area contributed by atoms with Crippen molar-refractivity contribution in [1.82, 2.24) is 9.55 Å². The van der Waals surface area contributed by atoms with Gasteiger partial charge in [0.05, 0.1) is 17.4 Å². The molecule has 1 amide bonds. The molecule has 4 heteroatoms. The van der Waals surface area contributed by atoms with E-state index in [1.54, 1.807) is 12.3 Å². The summed E-state index contributed by atoms with van der Waals surface area (Å²) in [6.07, 6.45) is 6.88. The molecule has 2 N–H and O–H groups in total. The second-order valence-corrected chi connectivity index (χ2v) is 2.89. The molecule has 0 spiro atoms. The van der Waals surface area contributed by atoms with Gasteiger partial charge in [0, 0.05) is 18.6 Å². The molecular formula is C10H9N3O. The minimum atomic E-state index is -0.466. The zero-order valence-electron chi connectivity index (χ0n) is 7.42. The number of aromatic nitrogens is 2. The Bertz CT molecular complexity index is 448. The van der Waals surface area contributed by atoms with E-state index in [1.165, 1.54) is 6.20 Å². The number of carbonyl (C=O) groups is 1. The first kappa shape index (κ1) is 8.50. The van der Waals surface area contributed by atoms with Gasteiger partial charge in [-0.2, -0.15) is 0 Å². The molecule has 70 valence electrons. The van der Waals surface area contributed by atoms with Crippen LogP contribution in [0.25, 0.3) is 5.69 Å². The van der Waals surface area contributed by atoms with Crippen molar-refractivity contribution in [2.75, 3.05) is 0 Å². The molecular weight excluding hydrogens is 178 g/mol. The van der Waals surface area contributed by atoms with Gasteiger partial charge in [-0.3, -0.25) is 9.78 Å². The minimum Gasteiger partial charge on any atom is -0.366 e. The van der Waals surface area contributed by atoms with Crippen LogP contribution in [0.1, 0.15) is 10.4 Å². The van der Waals surface area contributed by atoms with Gasteiger partial charge in [0.2, 0.25) is 5.91 Å². The van der Waals surface area contributed by atoms with Crippen LogP contribution in [0.4, 0.5) is 0 Å². The highest BCUT2D eigenvalue weighted by molar-refractivity contribution is 5.92. The van der Waals surface area contributed by atoms with Crippen molar-refractivity contribution < 1.29 is 4.79 Å². The Hall–Kier alpha value is -2.10. The van der Waals surface area contributed by atoms with Crippen LogP contribution in [0, 0.1) is 0 Å². The standard InChI is InChI=1S/C10H9N3O/c11-10(14)8-5-9(7-12-6-8)13-3-1-2-4-13/h1-7H,(H2,11,14). The number of nitrogens with two attached hydrogens (primary N) is 1. The lowest BCUT2D eigenvalue weighted by Crippen LogP contribution is -2.11. The first-order valence-corrected chi connectivity index (χ1v) is 4.15. The van der Waals surface area contributed by atoms with Crippen LogP contribution in [0.3, 0.4) is 0 Å². The fourth-order valence-corrected chi connectivity index (χ4v) is 1.21. The fraction of sp³-hybridized carbons (Fsp3) is 0. The number of hydrogen-bond acceptors (Lipinski definition) is 2. The molecule has 0 atom stereocenters. The third-order valence-electron chi connectivity index (χ3n) is 1.91. The van der Waals surface area contributed by atoms with E-state index in [0.717, 1.165) is 5.69 Å². The van der Waals surface area contributed by atoms with Gasteiger partial charge in [0.1, 0.15) is 0 Å². The van der Waals surface area contributed by atoms with Crippen LogP contribution in [-0.4, -0.2) is 15.5 Å².